The van der Waals surface area contributed by atoms with Gasteiger partial charge in [0, 0.05) is 38.9 Å². The number of guanidine groups is 1. The summed E-state index contributed by atoms with van der Waals surface area (Å²) in [5, 5.41) is 6.49. The van der Waals surface area contributed by atoms with Gasteiger partial charge in [-0.2, -0.15) is 0 Å². The molecule has 2 aromatic rings. The Morgan fingerprint density at radius 3 is 2.96 bits per heavy atom. The van der Waals surface area contributed by atoms with Crippen molar-refractivity contribution < 1.29 is 8.78 Å². The molecule has 2 heterocycles. The van der Waals surface area contributed by atoms with Crippen molar-refractivity contribution in [1.29, 1.82) is 0 Å². The molecule has 2 N–H and O–H groups in total. The van der Waals surface area contributed by atoms with E-state index in [-0.39, 0.29) is 17.7 Å². The number of pyridine rings is 1. The highest BCUT2D eigenvalue weighted by atomic mass is 19.1. The van der Waals surface area contributed by atoms with Gasteiger partial charge in [0.1, 0.15) is 5.82 Å². The SMILES string of the molecule is CN=C(NCc1cccc(F)c1)NC1CCN(c2ncccc2F)C1. The van der Waals surface area contributed by atoms with Gasteiger partial charge in [-0.05, 0) is 36.2 Å². The standard InChI is InChI=1S/C18H21F2N5/c1-21-18(23-11-13-4-2-5-14(19)10-13)24-15-7-9-25(12-15)17-16(20)6-3-8-22-17/h2-6,8,10,15H,7,9,11-12H2,1H3,(H2,21,23,24). The zero-order chi connectivity index (χ0) is 17.6. The van der Waals surface area contributed by atoms with Crippen molar-refractivity contribution in [3.63, 3.8) is 0 Å². The van der Waals surface area contributed by atoms with Gasteiger partial charge in [0.2, 0.25) is 0 Å². The van der Waals surface area contributed by atoms with Crippen LogP contribution in [0, 0.1) is 11.6 Å². The second kappa shape index (κ2) is 7.92. The zero-order valence-corrected chi connectivity index (χ0v) is 14.0. The average molecular weight is 345 g/mol. The van der Waals surface area contributed by atoms with Crippen molar-refractivity contribution in [2.24, 2.45) is 4.99 Å². The number of hydrogen-bond donors (Lipinski definition) is 2. The van der Waals surface area contributed by atoms with Crippen molar-refractivity contribution in [2.45, 2.75) is 19.0 Å². The number of nitrogens with zero attached hydrogens (tertiary/aromatic N) is 3. The van der Waals surface area contributed by atoms with Crippen molar-refractivity contribution in [3.05, 3.63) is 59.8 Å². The summed E-state index contributed by atoms with van der Waals surface area (Å²) in [6.07, 6.45) is 2.45. The molecule has 132 valence electrons. The average Bonchev–Trinajstić information content (AvgIpc) is 3.07. The van der Waals surface area contributed by atoms with Crippen LogP contribution in [0.5, 0.6) is 0 Å². The molecule has 1 fully saturated rings. The fourth-order valence-electron chi connectivity index (χ4n) is 2.90. The van der Waals surface area contributed by atoms with Crippen LogP contribution < -0.4 is 15.5 Å². The van der Waals surface area contributed by atoms with Crippen molar-refractivity contribution in [3.8, 4) is 0 Å². The van der Waals surface area contributed by atoms with Crippen molar-refractivity contribution >= 4 is 11.8 Å². The Labute approximate surface area is 145 Å². The lowest BCUT2D eigenvalue weighted by Crippen LogP contribution is -2.44. The molecule has 1 aromatic carbocycles. The first-order valence-corrected chi connectivity index (χ1v) is 8.23. The number of anilines is 1. The van der Waals surface area contributed by atoms with Gasteiger partial charge in [-0.15, -0.1) is 0 Å². The molecule has 3 rings (SSSR count). The molecule has 0 amide bonds. The quantitative estimate of drug-likeness (QED) is 0.660. The zero-order valence-electron chi connectivity index (χ0n) is 14.0. The Bertz CT molecular complexity index is 750. The minimum atomic E-state index is -0.309. The van der Waals surface area contributed by atoms with Crippen LogP contribution in [-0.2, 0) is 6.54 Å². The number of rotatable bonds is 4. The molecule has 25 heavy (non-hydrogen) atoms. The van der Waals surface area contributed by atoms with Gasteiger partial charge in [-0.3, -0.25) is 4.99 Å². The number of aliphatic imine (C=N–C) groups is 1. The van der Waals surface area contributed by atoms with E-state index in [2.05, 4.69) is 20.6 Å². The van der Waals surface area contributed by atoms with E-state index in [1.54, 1.807) is 25.4 Å². The Morgan fingerprint density at radius 2 is 2.20 bits per heavy atom. The van der Waals surface area contributed by atoms with Crippen LogP contribution in [0.4, 0.5) is 14.6 Å². The molecule has 1 saturated heterocycles. The third-order valence-electron chi connectivity index (χ3n) is 4.14. The number of halogens is 2. The number of hydrogen-bond acceptors (Lipinski definition) is 3. The maximum Gasteiger partial charge on any atom is 0.191 e. The maximum absolute atomic E-state index is 13.8. The van der Waals surface area contributed by atoms with Gasteiger partial charge in [0.15, 0.2) is 17.6 Å². The van der Waals surface area contributed by atoms with E-state index in [4.69, 9.17) is 0 Å². The molecule has 0 bridgehead atoms. The van der Waals surface area contributed by atoms with Gasteiger partial charge >= 0.3 is 0 Å². The highest BCUT2D eigenvalue weighted by molar-refractivity contribution is 5.80. The van der Waals surface area contributed by atoms with E-state index in [1.807, 2.05) is 11.0 Å². The molecule has 0 aliphatic carbocycles. The normalized spacial score (nSPS) is 17.6. The molecule has 1 atom stereocenters. The molecule has 1 unspecified atom stereocenters. The first-order valence-electron chi connectivity index (χ1n) is 8.23. The smallest absolute Gasteiger partial charge is 0.191 e. The van der Waals surface area contributed by atoms with Gasteiger partial charge in [0.05, 0.1) is 0 Å². The molecule has 7 heteroatoms. The second-order valence-corrected chi connectivity index (χ2v) is 5.94. The summed E-state index contributed by atoms with van der Waals surface area (Å²) >= 11 is 0. The summed E-state index contributed by atoms with van der Waals surface area (Å²) in [5.74, 6) is 0.454. The second-order valence-electron chi connectivity index (χ2n) is 5.94. The van der Waals surface area contributed by atoms with Crippen molar-refractivity contribution in [2.75, 3.05) is 25.0 Å². The van der Waals surface area contributed by atoms with Crippen LogP contribution in [0.1, 0.15) is 12.0 Å². The first kappa shape index (κ1) is 17.1. The molecule has 1 aliphatic rings. The highest BCUT2D eigenvalue weighted by Crippen LogP contribution is 2.20. The molecule has 0 saturated carbocycles. The van der Waals surface area contributed by atoms with E-state index in [0.717, 1.165) is 18.5 Å². The van der Waals surface area contributed by atoms with Gasteiger partial charge in [-0.1, -0.05) is 12.1 Å². The Balaban J connectivity index is 1.54. The lowest BCUT2D eigenvalue weighted by atomic mass is 10.2. The predicted octanol–water partition coefficient (Wildman–Crippen LogP) is 2.30. The van der Waals surface area contributed by atoms with E-state index in [0.29, 0.717) is 24.9 Å². The van der Waals surface area contributed by atoms with E-state index in [1.165, 1.54) is 18.2 Å². The maximum atomic E-state index is 13.8. The summed E-state index contributed by atoms with van der Waals surface area (Å²) < 4.78 is 27.1. The monoisotopic (exact) mass is 345 g/mol. The van der Waals surface area contributed by atoms with Crippen LogP contribution in [0.15, 0.2) is 47.6 Å². The Hall–Kier alpha value is -2.70. The minimum Gasteiger partial charge on any atom is -0.352 e. The minimum absolute atomic E-state index is 0.139. The van der Waals surface area contributed by atoms with Crippen molar-refractivity contribution in [1.82, 2.24) is 15.6 Å². The third kappa shape index (κ3) is 4.43. The summed E-state index contributed by atoms with van der Waals surface area (Å²) in [5.41, 5.74) is 0.839. The van der Waals surface area contributed by atoms with Crippen LogP contribution in [0.25, 0.3) is 0 Å². The molecule has 1 aromatic heterocycles. The lowest BCUT2D eigenvalue weighted by Gasteiger charge is -2.20. The van der Waals surface area contributed by atoms with Crippen LogP contribution in [-0.4, -0.2) is 37.1 Å². The molecular weight excluding hydrogens is 324 g/mol. The topological polar surface area (TPSA) is 52.6 Å². The fraction of sp³-hybridized carbons (Fsp3) is 0.333. The number of nitrogens with one attached hydrogen (secondary N) is 2. The molecule has 5 nitrogen and oxygen atoms in total. The summed E-state index contributed by atoms with van der Waals surface area (Å²) in [6, 6.07) is 9.58. The van der Waals surface area contributed by atoms with Crippen LogP contribution >= 0.6 is 0 Å². The molecular formula is C18H21F2N5. The lowest BCUT2D eigenvalue weighted by molar-refractivity contribution is 0.612. The van der Waals surface area contributed by atoms with E-state index < -0.39 is 0 Å². The summed E-state index contributed by atoms with van der Waals surface area (Å²) in [6.45, 7) is 1.85. The highest BCUT2D eigenvalue weighted by Gasteiger charge is 2.25. The van der Waals surface area contributed by atoms with Gasteiger partial charge < -0.3 is 15.5 Å². The largest absolute Gasteiger partial charge is 0.352 e. The summed E-state index contributed by atoms with van der Waals surface area (Å²) in [4.78, 5) is 10.2. The fourth-order valence-corrected chi connectivity index (χ4v) is 2.90. The predicted molar refractivity (Wildman–Crippen MR) is 94.5 cm³/mol. The van der Waals surface area contributed by atoms with Crippen LogP contribution in [0.3, 0.4) is 0 Å². The molecule has 0 spiro atoms. The third-order valence-corrected chi connectivity index (χ3v) is 4.14. The number of aromatic nitrogens is 1. The Kier molecular flexibility index (Phi) is 5.42. The Morgan fingerprint density at radius 1 is 1.32 bits per heavy atom. The van der Waals surface area contributed by atoms with E-state index >= 15 is 0 Å². The van der Waals surface area contributed by atoms with Crippen LogP contribution in [0.2, 0.25) is 0 Å². The molecule has 0 radical (unpaired) electrons. The summed E-state index contributed by atoms with van der Waals surface area (Å²) in [7, 11) is 1.69. The first-order chi connectivity index (χ1) is 12.2. The molecule has 1 aliphatic heterocycles. The van der Waals surface area contributed by atoms with Gasteiger partial charge in [-0.25, -0.2) is 13.8 Å². The van der Waals surface area contributed by atoms with E-state index in [9.17, 15) is 8.78 Å². The number of benzene rings is 1. The van der Waals surface area contributed by atoms with Gasteiger partial charge in [0.25, 0.3) is 0 Å².